The number of rotatable bonds is 3. The fourth-order valence-electron chi connectivity index (χ4n) is 4.73. The molecule has 3 fully saturated rings. The fourth-order valence-corrected chi connectivity index (χ4v) is 5.47. The van der Waals surface area contributed by atoms with Crippen LogP contribution in [-0.4, -0.2) is 5.78 Å². The van der Waals surface area contributed by atoms with E-state index in [1.807, 2.05) is 18.2 Å². The second-order valence-corrected chi connectivity index (χ2v) is 7.72. The molecule has 2 bridgehead atoms. The molecule has 0 amide bonds. The molecule has 1 aromatic rings. The number of hydrogen-bond donors (Lipinski definition) is 0. The average Bonchev–Trinajstić information content (AvgIpc) is 2.82. The molecule has 3 heteroatoms. The lowest BCUT2D eigenvalue weighted by molar-refractivity contribution is -0.120. The number of benzene rings is 1. The zero-order chi connectivity index (χ0) is 13.1. The lowest BCUT2D eigenvalue weighted by Gasteiger charge is -2.09. The van der Waals surface area contributed by atoms with Gasteiger partial charge in [0.15, 0.2) is 0 Å². The molecule has 0 aliphatic heterocycles. The van der Waals surface area contributed by atoms with Crippen molar-refractivity contribution >= 4 is 33.3 Å². The Balaban J connectivity index is 1.48. The summed E-state index contributed by atoms with van der Waals surface area (Å²) in [5.41, 5.74) is 0.979. The van der Waals surface area contributed by atoms with E-state index in [4.69, 9.17) is 11.6 Å². The fraction of sp³-hybridized carbons (Fsp3) is 0.562. The Morgan fingerprint density at radius 2 is 1.95 bits per heavy atom. The highest BCUT2D eigenvalue weighted by Gasteiger charge is 2.66. The molecule has 3 saturated carbocycles. The summed E-state index contributed by atoms with van der Waals surface area (Å²) >= 11 is 9.60. The van der Waals surface area contributed by atoms with Crippen LogP contribution in [-0.2, 0) is 11.2 Å². The van der Waals surface area contributed by atoms with Gasteiger partial charge in [0.05, 0.1) is 0 Å². The third-order valence-corrected chi connectivity index (χ3v) is 6.33. The molecule has 3 aliphatic carbocycles. The summed E-state index contributed by atoms with van der Waals surface area (Å²) in [6.07, 6.45) is 4.66. The molecule has 0 aromatic heterocycles. The number of carbonyl (C=O) groups is 1. The van der Waals surface area contributed by atoms with Crippen molar-refractivity contribution in [3.05, 3.63) is 33.3 Å². The number of halogens is 2. The molecular weight excluding hydrogens is 324 g/mol. The molecule has 4 unspecified atom stereocenters. The van der Waals surface area contributed by atoms with Crippen molar-refractivity contribution in [2.24, 2.45) is 29.6 Å². The maximum absolute atomic E-state index is 12.5. The molecule has 4 rings (SSSR count). The first-order chi connectivity index (χ1) is 9.15. The quantitative estimate of drug-likeness (QED) is 0.792. The number of fused-ring (bicyclic) bond motifs is 5. The van der Waals surface area contributed by atoms with Crippen LogP contribution in [0.2, 0.25) is 5.02 Å². The SMILES string of the molecule is O=C(Cc1ccc(Br)cc1Cl)C1C2C3CCC(C3)C12. The highest BCUT2D eigenvalue weighted by molar-refractivity contribution is 9.10. The molecule has 0 heterocycles. The van der Waals surface area contributed by atoms with Crippen molar-refractivity contribution in [1.82, 2.24) is 0 Å². The minimum Gasteiger partial charge on any atom is -0.299 e. The van der Waals surface area contributed by atoms with Crippen LogP contribution in [0, 0.1) is 29.6 Å². The summed E-state index contributed by atoms with van der Waals surface area (Å²) in [6.45, 7) is 0. The van der Waals surface area contributed by atoms with Crippen LogP contribution >= 0.6 is 27.5 Å². The van der Waals surface area contributed by atoms with Crippen LogP contribution in [0.15, 0.2) is 22.7 Å². The number of ketones is 1. The maximum Gasteiger partial charge on any atom is 0.140 e. The molecule has 0 saturated heterocycles. The van der Waals surface area contributed by atoms with Gasteiger partial charge in [-0.25, -0.2) is 0 Å². The van der Waals surface area contributed by atoms with Gasteiger partial charge in [0.25, 0.3) is 0 Å². The van der Waals surface area contributed by atoms with Crippen molar-refractivity contribution in [1.29, 1.82) is 0 Å². The third-order valence-electron chi connectivity index (χ3n) is 5.49. The van der Waals surface area contributed by atoms with Crippen LogP contribution in [0.1, 0.15) is 24.8 Å². The van der Waals surface area contributed by atoms with Crippen molar-refractivity contribution < 1.29 is 4.79 Å². The van der Waals surface area contributed by atoms with Gasteiger partial charge in [-0.05, 0) is 60.6 Å². The van der Waals surface area contributed by atoms with Gasteiger partial charge < -0.3 is 0 Å². The van der Waals surface area contributed by atoms with Gasteiger partial charge in [-0.3, -0.25) is 4.79 Å². The third kappa shape index (κ3) is 1.91. The summed E-state index contributed by atoms with van der Waals surface area (Å²) in [6, 6.07) is 5.81. The Morgan fingerprint density at radius 1 is 1.26 bits per heavy atom. The van der Waals surface area contributed by atoms with Crippen molar-refractivity contribution in [2.45, 2.75) is 25.7 Å². The summed E-state index contributed by atoms with van der Waals surface area (Å²) < 4.78 is 0.968. The second kappa shape index (κ2) is 4.33. The van der Waals surface area contributed by atoms with Crippen molar-refractivity contribution in [2.75, 3.05) is 0 Å². The molecule has 100 valence electrons. The Labute approximate surface area is 126 Å². The van der Waals surface area contributed by atoms with E-state index in [0.29, 0.717) is 23.1 Å². The molecule has 1 nitrogen and oxygen atoms in total. The second-order valence-electron chi connectivity index (χ2n) is 6.39. The highest BCUT2D eigenvalue weighted by Crippen LogP contribution is 2.69. The molecule has 19 heavy (non-hydrogen) atoms. The predicted octanol–water partition coefficient (Wildman–Crippen LogP) is 4.51. The molecular formula is C16H16BrClO. The van der Waals surface area contributed by atoms with Crippen LogP contribution in [0.4, 0.5) is 0 Å². The number of hydrogen-bond acceptors (Lipinski definition) is 1. The first kappa shape index (κ1) is 12.4. The Morgan fingerprint density at radius 3 is 2.58 bits per heavy atom. The molecule has 4 atom stereocenters. The van der Waals surface area contributed by atoms with Gasteiger partial charge in [-0.15, -0.1) is 0 Å². The average molecular weight is 340 g/mol. The lowest BCUT2D eigenvalue weighted by atomic mass is 9.96. The summed E-state index contributed by atoms with van der Waals surface area (Å²) in [5, 5.41) is 0.705. The van der Waals surface area contributed by atoms with Gasteiger partial charge >= 0.3 is 0 Å². The summed E-state index contributed by atoms with van der Waals surface area (Å²) in [7, 11) is 0. The van der Waals surface area contributed by atoms with Crippen LogP contribution in [0.5, 0.6) is 0 Å². The monoisotopic (exact) mass is 338 g/mol. The predicted molar refractivity (Wildman–Crippen MR) is 79.2 cm³/mol. The maximum atomic E-state index is 12.5. The van der Waals surface area contributed by atoms with Gasteiger partial charge in [0.2, 0.25) is 0 Å². The van der Waals surface area contributed by atoms with E-state index in [1.54, 1.807) is 0 Å². The van der Waals surface area contributed by atoms with Gasteiger partial charge in [0, 0.05) is 21.8 Å². The number of carbonyl (C=O) groups excluding carboxylic acids is 1. The zero-order valence-electron chi connectivity index (χ0n) is 10.6. The van der Waals surface area contributed by atoms with E-state index in [1.165, 1.54) is 19.3 Å². The summed E-state index contributed by atoms with van der Waals surface area (Å²) in [4.78, 5) is 12.5. The van der Waals surface area contributed by atoms with E-state index in [9.17, 15) is 4.79 Å². The van der Waals surface area contributed by atoms with Crippen LogP contribution in [0.25, 0.3) is 0 Å². The van der Waals surface area contributed by atoms with E-state index in [0.717, 1.165) is 33.7 Å². The molecule has 0 spiro atoms. The Kier molecular flexibility index (Phi) is 2.82. The standard InChI is InChI=1S/C16H16BrClO/c17-11-4-3-8(12(18)7-11)6-13(19)16-14-9-1-2-10(5-9)15(14)16/h3-4,7,9-10,14-16H,1-2,5-6H2. The van der Waals surface area contributed by atoms with E-state index in [-0.39, 0.29) is 0 Å². The minimum atomic E-state index is 0.367. The zero-order valence-corrected chi connectivity index (χ0v) is 13.0. The van der Waals surface area contributed by atoms with Gasteiger partial charge in [0.1, 0.15) is 5.78 Å². The van der Waals surface area contributed by atoms with Gasteiger partial charge in [-0.2, -0.15) is 0 Å². The van der Waals surface area contributed by atoms with Crippen LogP contribution < -0.4 is 0 Å². The Hall–Kier alpha value is -0.340. The molecule has 0 N–H and O–H groups in total. The topological polar surface area (TPSA) is 17.1 Å². The molecule has 1 aromatic carbocycles. The van der Waals surface area contributed by atoms with Gasteiger partial charge in [-0.1, -0.05) is 33.6 Å². The largest absolute Gasteiger partial charge is 0.299 e. The normalized spacial score (nSPS) is 38.3. The van der Waals surface area contributed by atoms with Crippen molar-refractivity contribution in [3.8, 4) is 0 Å². The van der Waals surface area contributed by atoms with E-state index < -0.39 is 0 Å². The summed E-state index contributed by atoms with van der Waals surface area (Å²) in [5.74, 6) is 4.00. The first-order valence-electron chi connectivity index (χ1n) is 7.12. The Bertz CT molecular complexity index is 540. The number of Topliss-reactive ketones (excluding diaryl/α,β-unsaturated/α-hetero) is 1. The van der Waals surface area contributed by atoms with Crippen LogP contribution in [0.3, 0.4) is 0 Å². The first-order valence-corrected chi connectivity index (χ1v) is 8.29. The molecule has 3 aliphatic rings. The lowest BCUT2D eigenvalue weighted by Crippen LogP contribution is -2.12. The molecule has 0 radical (unpaired) electrons. The van der Waals surface area contributed by atoms with E-state index in [2.05, 4.69) is 15.9 Å². The van der Waals surface area contributed by atoms with Crippen molar-refractivity contribution in [3.63, 3.8) is 0 Å². The smallest absolute Gasteiger partial charge is 0.140 e. The van der Waals surface area contributed by atoms with E-state index >= 15 is 0 Å². The minimum absolute atomic E-state index is 0.367. The highest BCUT2D eigenvalue weighted by atomic mass is 79.9.